The molecule has 0 aromatic rings. The lowest BCUT2D eigenvalue weighted by molar-refractivity contribution is -0.139. The summed E-state index contributed by atoms with van der Waals surface area (Å²) < 4.78 is 56.7. The fourth-order valence-corrected chi connectivity index (χ4v) is 0.968. The topological polar surface area (TPSA) is 96.0 Å². The standard InChI is InChI=1S/C9H12F2O7S/c1-6(2)7(12)16-4-3-5-17-9(13)18-19(14,15)8(10)11/h8H,1,3-5H2,2H3. The van der Waals surface area contributed by atoms with Crippen LogP contribution in [0.2, 0.25) is 0 Å². The summed E-state index contributed by atoms with van der Waals surface area (Å²) >= 11 is 0. The van der Waals surface area contributed by atoms with E-state index in [1.165, 1.54) is 6.92 Å². The van der Waals surface area contributed by atoms with Gasteiger partial charge in [-0.15, -0.1) is 0 Å². The quantitative estimate of drug-likeness (QED) is 0.302. The van der Waals surface area contributed by atoms with E-state index in [-0.39, 0.29) is 25.2 Å². The number of halogens is 2. The Morgan fingerprint density at radius 2 is 1.74 bits per heavy atom. The van der Waals surface area contributed by atoms with Crippen molar-refractivity contribution >= 4 is 22.2 Å². The van der Waals surface area contributed by atoms with Gasteiger partial charge >= 0.3 is 28.0 Å². The number of hydrogen-bond acceptors (Lipinski definition) is 7. The maximum Gasteiger partial charge on any atom is 0.524 e. The molecular weight excluding hydrogens is 290 g/mol. The van der Waals surface area contributed by atoms with Crippen LogP contribution in [0.25, 0.3) is 0 Å². The molecule has 0 saturated carbocycles. The minimum atomic E-state index is -5.27. The third-order valence-corrected chi connectivity index (χ3v) is 2.30. The minimum Gasteiger partial charge on any atom is -0.462 e. The van der Waals surface area contributed by atoms with E-state index in [1.54, 1.807) is 0 Å². The van der Waals surface area contributed by atoms with Crippen molar-refractivity contribution in [1.82, 2.24) is 0 Å². The SMILES string of the molecule is C=C(C)C(=O)OCCCOC(=O)OS(=O)(=O)C(F)F. The molecule has 110 valence electrons. The molecule has 0 aromatic carbocycles. The van der Waals surface area contributed by atoms with Crippen molar-refractivity contribution in [3.05, 3.63) is 12.2 Å². The molecule has 0 rings (SSSR count). The van der Waals surface area contributed by atoms with Gasteiger partial charge in [-0.25, -0.2) is 9.59 Å². The lowest BCUT2D eigenvalue weighted by Crippen LogP contribution is -2.20. The molecular formula is C9H12F2O7S. The highest BCUT2D eigenvalue weighted by Gasteiger charge is 2.29. The van der Waals surface area contributed by atoms with Gasteiger partial charge in [0.15, 0.2) is 0 Å². The molecule has 0 saturated heterocycles. The Hall–Kier alpha value is -1.71. The molecule has 0 radical (unpaired) electrons. The van der Waals surface area contributed by atoms with Crippen molar-refractivity contribution in [2.45, 2.75) is 19.1 Å². The molecule has 19 heavy (non-hydrogen) atoms. The number of carbonyl (C=O) groups is 2. The van der Waals surface area contributed by atoms with Crippen LogP contribution in [0, 0.1) is 0 Å². The van der Waals surface area contributed by atoms with E-state index in [2.05, 4.69) is 20.2 Å². The number of alkyl halides is 2. The van der Waals surface area contributed by atoms with Crippen molar-refractivity contribution < 1.29 is 40.4 Å². The Balaban J connectivity index is 3.83. The van der Waals surface area contributed by atoms with E-state index in [0.717, 1.165) is 0 Å². The second kappa shape index (κ2) is 7.67. The molecule has 0 atom stereocenters. The van der Waals surface area contributed by atoms with Crippen LogP contribution in [-0.4, -0.2) is 39.5 Å². The number of carbonyl (C=O) groups excluding carboxylic acids is 2. The largest absolute Gasteiger partial charge is 0.524 e. The van der Waals surface area contributed by atoms with E-state index in [9.17, 15) is 26.8 Å². The summed E-state index contributed by atoms with van der Waals surface area (Å²) in [5.74, 6) is -4.47. The second-order valence-corrected chi connectivity index (χ2v) is 4.71. The summed E-state index contributed by atoms with van der Waals surface area (Å²) in [6.07, 6.45) is -1.73. The number of hydrogen-bond donors (Lipinski definition) is 0. The van der Waals surface area contributed by atoms with Gasteiger partial charge in [0.2, 0.25) is 0 Å². The number of rotatable bonds is 7. The Kier molecular flexibility index (Phi) is 6.98. The van der Waals surface area contributed by atoms with Crippen LogP contribution in [0.15, 0.2) is 12.2 Å². The van der Waals surface area contributed by atoms with Crippen LogP contribution in [0.5, 0.6) is 0 Å². The molecule has 0 amide bonds. The van der Waals surface area contributed by atoms with Gasteiger partial charge in [-0.3, -0.25) is 0 Å². The summed E-state index contributed by atoms with van der Waals surface area (Å²) in [7, 11) is -5.27. The van der Waals surface area contributed by atoms with Crippen LogP contribution < -0.4 is 0 Å². The van der Waals surface area contributed by atoms with Crippen molar-refractivity contribution in [1.29, 1.82) is 0 Å². The van der Waals surface area contributed by atoms with Gasteiger partial charge in [0.25, 0.3) is 0 Å². The van der Waals surface area contributed by atoms with Crippen LogP contribution in [-0.2, 0) is 28.6 Å². The fourth-order valence-electron chi connectivity index (χ4n) is 0.658. The van der Waals surface area contributed by atoms with Gasteiger partial charge in [0.05, 0.1) is 13.2 Å². The minimum absolute atomic E-state index is 0.0445. The van der Waals surface area contributed by atoms with Gasteiger partial charge in [-0.2, -0.15) is 17.2 Å². The predicted octanol–water partition coefficient (Wildman–Crippen LogP) is 1.20. The number of ether oxygens (including phenoxy) is 2. The average Bonchev–Trinajstić information content (AvgIpc) is 2.27. The average molecular weight is 302 g/mol. The van der Waals surface area contributed by atoms with E-state index >= 15 is 0 Å². The molecule has 0 aliphatic rings. The summed E-state index contributed by atoms with van der Waals surface area (Å²) in [6, 6.07) is 0. The molecule has 0 N–H and O–H groups in total. The Bertz CT molecular complexity index is 443. The first kappa shape index (κ1) is 17.3. The third-order valence-electron chi connectivity index (χ3n) is 1.49. The number of esters is 1. The van der Waals surface area contributed by atoms with E-state index in [0.29, 0.717) is 0 Å². The smallest absolute Gasteiger partial charge is 0.462 e. The van der Waals surface area contributed by atoms with Gasteiger partial charge < -0.3 is 13.7 Å². The first-order chi connectivity index (χ1) is 8.66. The van der Waals surface area contributed by atoms with Crippen LogP contribution in [0.1, 0.15) is 13.3 Å². The zero-order chi connectivity index (χ0) is 15.1. The molecule has 0 aliphatic carbocycles. The molecule has 0 aliphatic heterocycles. The molecule has 10 heteroatoms. The van der Waals surface area contributed by atoms with Crippen molar-refractivity contribution in [2.24, 2.45) is 0 Å². The molecule has 0 heterocycles. The molecule has 0 unspecified atom stereocenters. The highest BCUT2D eigenvalue weighted by Crippen LogP contribution is 2.08. The Labute approximate surface area is 108 Å². The van der Waals surface area contributed by atoms with Crippen LogP contribution in [0.4, 0.5) is 13.6 Å². The van der Waals surface area contributed by atoms with Gasteiger partial charge in [-0.1, -0.05) is 6.58 Å². The Morgan fingerprint density at radius 3 is 2.21 bits per heavy atom. The van der Waals surface area contributed by atoms with Gasteiger partial charge in [0, 0.05) is 12.0 Å². The monoisotopic (exact) mass is 302 g/mol. The lowest BCUT2D eigenvalue weighted by atomic mass is 10.4. The maximum atomic E-state index is 11.8. The van der Waals surface area contributed by atoms with Crippen molar-refractivity contribution in [3.63, 3.8) is 0 Å². The summed E-state index contributed by atoms with van der Waals surface area (Å²) in [5.41, 5.74) is 0.184. The highest BCUT2D eigenvalue weighted by molar-refractivity contribution is 7.87. The summed E-state index contributed by atoms with van der Waals surface area (Å²) in [4.78, 5) is 21.6. The Morgan fingerprint density at radius 1 is 1.21 bits per heavy atom. The molecule has 0 bridgehead atoms. The van der Waals surface area contributed by atoms with Gasteiger partial charge in [-0.05, 0) is 6.92 Å². The van der Waals surface area contributed by atoms with E-state index < -0.39 is 28.0 Å². The molecule has 0 aromatic heterocycles. The highest BCUT2D eigenvalue weighted by atomic mass is 32.2. The molecule has 7 nitrogen and oxygen atoms in total. The summed E-state index contributed by atoms with van der Waals surface area (Å²) in [5, 5.41) is 0. The molecule has 0 spiro atoms. The maximum absolute atomic E-state index is 11.8. The third kappa shape index (κ3) is 7.34. The van der Waals surface area contributed by atoms with Crippen LogP contribution >= 0.6 is 0 Å². The van der Waals surface area contributed by atoms with Crippen molar-refractivity contribution in [3.8, 4) is 0 Å². The molecule has 0 fully saturated rings. The van der Waals surface area contributed by atoms with Gasteiger partial charge in [0.1, 0.15) is 0 Å². The summed E-state index contributed by atoms with van der Waals surface area (Å²) in [6.45, 7) is 4.29. The van der Waals surface area contributed by atoms with Crippen LogP contribution in [0.3, 0.4) is 0 Å². The lowest BCUT2D eigenvalue weighted by Gasteiger charge is -2.06. The zero-order valence-corrected chi connectivity index (χ0v) is 10.7. The van der Waals surface area contributed by atoms with E-state index in [1.807, 2.05) is 0 Å². The zero-order valence-electron chi connectivity index (χ0n) is 9.93. The first-order valence-electron chi connectivity index (χ1n) is 4.87. The van der Waals surface area contributed by atoms with Crippen molar-refractivity contribution in [2.75, 3.05) is 13.2 Å². The first-order valence-corrected chi connectivity index (χ1v) is 6.35. The predicted molar refractivity (Wildman–Crippen MR) is 57.7 cm³/mol. The van der Waals surface area contributed by atoms with E-state index in [4.69, 9.17) is 0 Å². The second-order valence-electron chi connectivity index (χ2n) is 3.21. The fraction of sp³-hybridized carbons (Fsp3) is 0.556. The normalized spacial score (nSPS) is 10.9.